The molecule has 2 amide bonds. The lowest BCUT2D eigenvalue weighted by Crippen LogP contribution is -2.46. The normalized spacial score (nSPS) is 30.4. The van der Waals surface area contributed by atoms with Crippen LogP contribution < -0.4 is 5.32 Å². The highest BCUT2D eigenvalue weighted by Gasteiger charge is 2.49. The van der Waals surface area contributed by atoms with Gasteiger partial charge in [0, 0.05) is 26.1 Å². The van der Waals surface area contributed by atoms with Gasteiger partial charge in [-0.2, -0.15) is 0 Å². The molecule has 2 aliphatic rings. The lowest BCUT2D eigenvalue weighted by Gasteiger charge is -2.30. The number of rotatable bonds is 3. The molecule has 0 aromatic carbocycles. The van der Waals surface area contributed by atoms with E-state index in [0.29, 0.717) is 32.4 Å². The number of carboxylic acids is 1. The largest absolute Gasteiger partial charge is 0.481 e. The maximum Gasteiger partial charge on any atom is 0.311 e. The van der Waals surface area contributed by atoms with Crippen LogP contribution >= 0.6 is 0 Å². The highest BCUT2D eigenvalue weighted by molar-refractivity contribution is 5.85. The van der Waals surface area contributed by atoms with Crippen molar-refractivity contribution in [3.05, 3.63) is 0 Å². The minimum atomic E-state index is -0.826. The van der Waals surface area contributed by atoms with E-state index in [2.05, 4.69) is 5.32 Å². The molecule has 0 aromatic rings. The molecule has 6 heteroatoms. The van der Waals surface area contributed by atoms with Gasteiger partial charge in [-0.25, -0.2) is 0 Å². The zero-order valence-corrected chi connectivity index (χ0v) is 12.0. The van der Waals surface area contributed by atoms with Gasteiger partial charge in [-0.15, -0.1) is 0 Å². The number of hydrogen-bond acceptors (Lipinski definition) is 3. The highest BCUT2D eigenvalue weighted by atomic mass is 16.4. The average Bonchev–Trinajstić information content (AvgIpc) is 2.85. The molecule has 0 aromatic heterocycles. The van der Waals surface area contributed by atoms with E-state index in [0.717, 1.165) is 0 Å². The number of carbonyl (C=O) groups excluding carboxylic acids is 2. The predicted octanol–water partition coefficient (Wildman–Crippen LogP) is 0.472. The molecule has 2 atom stereocenters. The third-order valence-corrected chi connectivity index (χ3v) is 4.76. The monoisotopic (exact) mass is 282 g/mol. The minimum Gasteiger partial charge on any atom is -0.481 e. The first-order chi connectivity index (χ1) is 9.36. The Balaban J connectivity index is 2.03. The Hall–Kier alpha value is -1.59. The summed E-state index contributed by atoms with van der Waals surface area (Å²) in [5.74, 6) is -1.07. The summed E-state index contributed by atoms with van der Waals surface area (Å²) in [5.41, 5.74) is -0.826. The first kappa shape index (κ1) is 14.8. The summed E-state index contributed by atoms with van der Waals surface area (Å²) in [5, 5.41) is 12.2. The van der Waals surface area contributed by atoms with Crippen molar-refractivity contribution >= 4 is 17.8 Å². The van der Waals surface area contributed by atoms with Gasteiger partial charge in [0.1, 0.15) is 0 Å². The Labute approximate surface area is 118 Å². The summed E-state index contributed by atoms with van der Waals surface area (Å²) >= 11 is 0. The van der Waals surface area contributed by atoms with Gasteiger partial charge in [-0.3, -0.25) is 14.4 Å². The van der Waals surface area contributed by atoms with Crippen molar-refractivity contribution in [2.24, 2.45) is 17.3 Å². The van der Waals surface area contributed by atoms with Crippen LogP contribution in [-0.4, -0.2) is 47.4 Å². The van der Waals surface area contributed by atoms with Gasteiger partial charge in [0.25, 0.3) is 0 Å². The Morgan fingerprint density at radius 2 is 2.15 bits per heavy atom. The van der Waals surface area contributed by atoms with Crippen LogP contribution in [0.4, 0.5) is 0 Å². The topological polar surface area (TPSA) is 86.7 Å². The molecule has 2 saturated heterocycles. The van der Waals surface area contributed by atoms with Crippen molar-refractivity contribution < 1.29 is 19.5 Å². The van der Waals surface area contributed by atoms with E-state index in [9.17, 15) is 19.5 Å². The van der Waals surface area contributed by atoms with Gasteiger partial charge in [0.2, 0.25) is 11.8 Å². The van der Waals surface area contributed by atoms with Gasteiger partial charge in [-0.05, 0) is 18.8 Å². The van der Waals surface area contributed by atoms with Crippen LogP contribution in [0.1, 0.15) is 33.1 Å². The second-order valence-electron chi connectivity index (χ2n) is 6.17. The fourth-order valence-electron chi connectivity index (χ4n) is 3.12. The Kier molecular flexibility index (Phi) is 4.01. The molecular formula is C14H22N2O4. The molecule has 0 bridgehead atoms. The summed E-state index contributed by atoms with van der Waals surface area (Å²) in [4.78, 5) is 36.8. The number of nitrogens with one attached hydrogen (secondary N) is 1. The van der Waals surface area contributed by atoms with Crippen molar-refractivity contribution in [1.82, 2.24) is 10.2 Å². The third kappa shape index (κ3) is 2.51. The van der Waals surface area contributed by atoms with E-state index < -0.39 is 11.4 Å². The molecule has 6 nitrogen and oxygen atoms in total. The van der Waals surface area contributed by atoms with Crippen LogP contribution in [0.2, 0.25) is 0 Å². The number of piperidine rings is 1. The molecule has 112 valence electrons. The van der Waals surface area contributed by atoms with Crippen molar-refractivity contribution in [2.45, 2.75) is 33.1 Å². The van der Waals surface area contributed by atoms with Crippen LogP contribution in [0.5, 0.6) is 0 Å². The van der Waals surface area contributed by atoms with Gasteiger partial charge in [0.05, 0.1) is 11.3 Å². The van der Waals surface area contributed by atoms with Crippen molar-refractivity contribution in [3.63, 3.8) is 0 Å². The van der Waals surface area contributed by atoms with Crippen LogP contribution in [0.3, 0.4) is 0 Å². The maximum atomic E-state index is 12.4. The molecule has 2 aliphatic heterocycles. The van der Waals surface area contributed by atoms with E-state index in [4.69, 9.17) is 0 Å². The average molecular weight is 282 g/mol. The van der Waals surface area contributed by atoms with Gasteiger partial charge in [-0.1, -0.05) is 13.8 Å². The second kappa shape index (κ2) is 5.42. The van der Waals surface area contributed by atoms with E-state index in [-0.39, 0.29) is 30.2 Å². The van der Waals surface area contributed by atoms with Gasteiger partial charge >= 0.3 is 5.97 Å². The molecule has 2 heterocycles. The number of carboxylic acid groups (broad SMARTS) is 1. The fourth-order valence-corrected chi connectivity index (χ4v) is 3.12. The molecule has 0 saturated carbocycles. The number of carbonyl (C=O) groups is 3. The molecule has 0 radical (unpaired) electrons. The summed E-state index contributed by atoms with van der Waals surface area (Å²) < 4.78 is 0. The first-order valence-corrected chi connectivity index (χ1v) is 7.15. The van der Waals surface area contributed by atoms with E-state index in [1.807, 2.05) is 13.8 Å². The molecule has 2 N–H and O–H groups in total. The van der Waals surface area contributed by atoms with E-state index in [1.165, 1.54) is 0 Å². The number of hydrogen-bond donors (Lipinski definition) is 2. The van der Waals surface area contributed by atoms with Crippen LogP contribution in [0, 0.1) is 17.3 Å². The molecule has 0 spiro atoms. The fraction of sp³-hybridized carbons (Fsp3) is 0.786. The second-order valence-corrected chi connectivity index (χ2v) is 6.17. The lowest BCUT2D eigenvalue weighted by molar-refractivity contribution is -0.151. The Morgan fingerprint density at radius 1 is 1.45 bits per heavy atom. The number of likely N-dealkylation sites (tertiary alicyclic amines) is 1. The minimum absolute atomic E-state index is 0.0103. The molecule has 0 aliphatic carbocycles. The highest BCUT2D eigenvalue weighted by Crippen LogP contribution is 2.38. The molecule has 20 heavy (non-hydrogen) atoms. The van der Waals surface area contributed by atoms with Gasteiger partial charge in [0.15, 0.2) is 0 Å². The quantitative estimate of drug-likeness (QED) is 0.788. The summed E-state index contributed by atoms with van der Waals surface area (Å²) in [6.45, 7) is 4.93. The van der Waals surface area contributed by atoms with E-state index >= 15 is 0 Å². The molecule has 2 fully saturated rings. The lowest BCUT2D eigenvalue weighted by atomic mass is 9.76. The first-order valence-electron chi connectivity index (χ1n) is 7.15. The zero-order valence-electron chi connectivity index (χ0n) is 12.0. The Morgan fingerprint density at radius 3 is 2.60 bits per heavy atom. The zero-order chi connectivity index (χ0) is 14.9. The van der Waals surface area contributed by atoms with Crippen molar-refractivity contribution in [3.8, 4) is 0 Å². The van der Waals surface area contributed by atoms with E-state index in [1.54, 1.807) is 4.90 Å². The molecule has 2 unspecified atom stereocenters. The summed E-state index contributed by atoms with van der Waals surface area (Å²) in [6, 6.07) is 0. The molecule has 2 rings (SSSR count). The third-order valence-electron chi connectivity index (χ3n) is 4.76. The SMILES string of the molecule is CC(C)C1(C(=O)O)CCN(C(=O)C2CCC(=O)NC2)C1. The van der Waals surface area contributed by atoms with Crippen LogP contribution in [0.25, 0.3) is 0 Å². The summed E-state index contributed by atoms with van der Waals surface area (Å²) in [7, 11) is 0. The van der Waals surface area contributed by atoms with Gasteiger partial charge < -0.3 is 15.3 Å². The smallest absolute Gasteiger partial charge is 0.311 e. The molecular weight excluding hydrogens is 260 g/mol. The maximum absolute atomic E-state index is 12.4. The van der Waals surface area contributed by atoms with Crippen molar-refractivity contribution in [1.29, 1.82) is 0 Å². The number of amides is 2. The number of nitrogens with zero attached hydrogens (tertiary/aromatic N) is 1. The van der Waals surface area contributed by atoms with Crippen LogP contribution in [-0.2, 0) is 14.4 Å². The standard InChI is InChI=1S/C14H22N2O4/c1-9(2)14(13(19)20)5-6-16(8-14)12(18)10-3-4-11(17)15-7-10/h9-10H,3-8H2,1-2H3,(H,15,17)(H,19,20). The Bertz CT molecular complexity index is 425. The number of aliphatic carboxylic acids is 1. The summed E-state index contributed by atoms with van der Waals surface area (Å²) in [6.07, 6.45) is 1.44. The van der Waals surface area contributed by atoms with Crippen LogP contribution in [0.15, 0.2) is 0 Å². The van der Waals surface area contributed by atoms with Crippen molar-refractivity contribution in [2.75, 3.05) is 19.6 Å². The predicted molar refractivity (Wildman–Crippen MR) is 71.8 cm³/mol.